The van der Waals surface area contributed by atoms with Crippen LogP contribution in [0.1, 0.15) is 0 Å². The van der Waals surface area contributed by atoms with E-state index in [1.807, 2.05) is 0 Å². The lowest BCUT2D eigenvalue weighted by Crippen LogP contribution is -2.69. The van der Waals surface area contributed by atoms with Crippen LogP contribution < -0.4 is 0 Å². The van der Waals surface area contributed by atoms with Crippen molar-refractivity contribution in [3.63, 3.8) is 0 Å². The molecule has 0 atom stereocenters. The van der Waals surface area contributed by atoms with Crippen molar-refractivity contribution < 1.29 is 66.6 Å². The third-order valence-corrected chi connectivity index (χ3v) is 3.19. The van der Waals surface area contributed by atoms with Gasteiger partial charge < -0.3 is 4.74 Å². The van der Waals surface area contributed by atoms with E-state index < -0.39 is 54.4 Å². The van der Waals surface area contributed by atoms with Crippen LogP contribution >= 0.6 is 15.9 Å². The molecule has 0 aliphatic heterocycles. The van der Waals surface area contributed by atoms with Crippen molar-refractivity contribution in [2.75, 3.05) is 6.61 Å². The van der Waals surface area contributed by atoms with Crippen LogP contribution in [-0.4, -0.2) is 48.4 Å². The van der Waals surface area contributed by atoms with Crippen LogP contribution in [0.25, 0.3) is 0 Å². The van der Waals surface area contributed by atoms with Gasteiger partial charge in [0.1, 0.15) is 0 Å². The molecule has 172 valence electrons. The molecule has 0 aromatic heterocycles. The number of hydrogen-bond donors (Lipinski definition) is 0. The van der Waals surface area contributed by atoms with E-state index in [9.17, 15) is 61.9 Å². The number of carbonyl (C=O) groups excluding carboxylic acids is 1. The molecule has 0 aliphatic rings. The number of allylic oxidation sites excluding steroid dienone is 2. The SMILES string of the molecule is O=C(/C=C\Br)OCC#C/C=C/C(F)(F)C(F)(F)C(F)(F)C(F)(F)C(F)(F)C(F)(F)F. The van der Waals surface area contributed by atoms with Gasteiger partial charge in [-0.3, -0.25) is 0 Å². The fourth-order valence-electron chi connectivity index (χ4n) is 1.34. The molecule has 0 N–H and O–H groups in total. The molecule has 30 heavy (non-hydrogen) atoms. The van der Waals surface area contributed by atoms with Crippen molar-refractivity contribution in [3.8, 4) is 11.8 Å². The quantitative estimate of drug-likeness (QED) is 0.181. The van der Waals surface area contributed by atoms with Crippen molar-refractivity contribution in [2.24, 2.45) is 0 Å². The maximum Gasteiger partial charge on any atom is 0.460 e. The molecule has 0 heterocycles. The Balaban J connectivity index is 5.74. The summed E-state index contributed by atoms with van der Waals surface area (Å²) < 4.78 is 171. The average molecular weight is 533 g/mol. The van der Waals surface area contributed by atoms with E-state index in [0.29, 0.717) is 0 Å². The second-order valence-electron chi connectivity index (χ2n) is 4.97. The molecule has 0 saturated heterocycles. The molecule has 0 aliphatic carbocycles. The standard InChI is InChI=1S/C14H6BrF13O2/c15-6-4-8(29)30-7-3-1-2-5-9(16,17)10(18,19)11(20,21)12(22,23)13(24,25)14(26,27)28/h2,4-6H,7H2/b5-2+,6-4-. The van der Waals surface area contributed by atoms with Gasteiger partial charge in [-0.15, -0.1) is 0 Å². The highest BCUT2D eigenvalue weighted by molar-refractivity contribution is 9.11. The van der Waals surface area contributed by atoms with E-state index in [1.165, 1.54) is 5.92 Å². The van der Waals surface area contributed by atoms with Gasteiger partial charge in [0.25, 0.3) is 0 Å². The highest BCUT2D eigenvalue weighted by Crippen LogP contribution is 2.60. The Morgan fingerprint density at radius 1 is 0.800 bits per heavy atom. The summed E-state index contributed by atoms with van der Waals surface area (Å²) in [5, 5.41) is 0. The monoisotopic (exact) mass is 532 g/mol. The first-order valence-electron chi connectivity index (χ1n) is 6.76. The number of alkyl halides is 13. The van der Waals surface area contributed by atoms with Gasteiger partial charge in [-0.25, -0.2) is 4.79 Å². The van der Waals surface area contributed by atoms with Crippen molar-refractivity contribution in [1.82, 2.24) is 0 Å². The van der Waals surface area contributed by atoms with Crippen LogP contribution in [0.4, 0.5) is 57.1 Å². The highest BCUT2D eigenvalue weighted by atomic mass is 79.9. The fraction of sp³-hybridized carbons (Fsp3) is 0.500. The van der Waals surface area contributed by atoms with Crippen LogP contribution in [0.15, 0.2) is 23.2 Å². The largest absolute Gasteiger partial charge is 0.460 e. The predicted molar refractivity (Wildman–Crippen MR) is 76.7 cm³/mol. The first-order chi connectivity index (χ1) is 13.2. The molecule has 0 unspecified atom stereocenters. The molecule has 0 bridgehead atoms. The molecule has 0 spiro atoms. The molecule has 0 amide bonds. The van der Waals surface area contributed by atoms with Crippen molar-refractivity contribution in [1.29, 1.82) is 0 Å². The second-order valence-corrected chi connectivity index (χ2v) is 5.50. The zero-order chi connectivity index (χ0) is 24.2. The summed E-state index contributed by atoms with van der Waals surface area (Å²) >= 11 is 2.67. The molecule has 0 rings (SSSR count). The molecule has 16 heteroatoms. The molecule has 0 aromatic carbocycles. The van der Waals surface area contributed by atoms with Gasteiger partial charge >= 0.3 is 41.8 Å². The summed E-state index contributed by atoms with van der Waals surface area (Å²) in [5.41, 5.74) is 0. The Bertz CT molecular complexity index is 741. The van der Waals surface area contributed by atoms with Gasteiger partial charge in [0.05, 0.1) is 0 Å². The van der Waals surface area contributed by atoms with Gasteiger partial charge in [0.15, 0.2) is 6.61 Å². The molecule has 0 radical (unpaired) electrons. The van der Waals surface area contributed by atoms with E-state index in [1.54, 1.807) is 5.92 Å². The normalized spacial score (nSPS) is 14.7. The number of carbonyl (C=O) groups is 1. The molecule has 0 saturated carbocycles. The predicted octanol–water partition coefficient (Wildman–Crippen LogP) is 5.74. The number of rotatable bonds is 7. The van der Waals surface area contributed by atoms with Crippen LogP contribution in [-0.2, 0) is 9.53 Å². The lowest BCUT2D eigenvalue weighted by Gasteiger charge is -2.39. The fourth-order valence-corrected chi connectivity index (χ4v) is 1.56. The summed E-state index contributed by atoms with van der Waals surface area (Å²) in [5.74, 6) is -35.2. The number of esters is 1. The molecular weight excluding hydrogens is 527 g/mol. The van der Waals surface area contributed by atoms with Crippen molar-refractivity contribution in [3.05, 3.63) is 23.2 Å². The Hall–Kier alpha value is -1.92. The van der Waals surface area contributed by atoms with Gasteiger partial charge in [-0.2, -0.15) is 57.1 Å². The van der Waals surface area contributed by atoms with E-state index in [-0.39, 0.29) is 6.08 Å². The Morgan fingerprint density at radius 2 is 1.27 bits per heavy atom. The van der Waals surface area contributed by atoms with E-state index in [2.05, 4.69) is 20.7 Å². The van der Waals surface area contributed by atoms with Gasteiger partial charge in [0.2, 0.25) is 0 Å². The molecule has 0 fully saturated rings. The minimum Gasteiger partial charge on any atom is -0.449 e. The third kappa shape index (κ3) is 5.22. The summed E-state index contributed by atoms with van der Waals surface area (Å²) in [4.78, 5) is 11.8. The van der Waals surface area contributed by atoms with Crippen molar-refractivity contribution >= 4 is 21.9 Å². The number of hydrogen-bond acceptors (Lipinski definition) is 2. The average Bonchev–Trinajstić information content (AvgIpc) is 2.56. The maximum absolute atomic E-state index is 13.3. The number of ether oxygens (including phenoxy) is 1. The summed E-state index contributed by atoms with van der Waals surface area (Å²) in [7, 11) is 0. The minimum absolute atomic E-state index is 0.321. The summed E-state index contributed by atoms with van der Waals surface area (Å²) in [6.07, 6.45) is -8.21. The first-order valence-corrected chi connectivity index (χ1v) is 7.67. The summed E-state index contributed by atoms with van der Waals surface area (Å²) in [6, 6.07) is 0. The molecule has 2 nitrogen and oxygen atoms in total. The van der Waals surface area contributed by atoms with Crippen molar-refractivity contribution in [2.45, 2.75) is 35.8 Å². The lowest BCUT2D eigenvalue weighted by molar-refractivity contribution is -0.436. The van der Waals surface area contributed by atoms with Crippen LogP contribution in [0.3, 0.4) is 0 Å². The Kier molecular flexibility index (Phi) is 8.48. The summed E-state index contributed by atoms with van der Waals surface area (Å²) in [6.45, 7) is -0.839. The van der Waals surface area contributed by atoms with Gasteiger partial charge in [-0.05, 0) is 17.1 Å². The minimum atomic E-state index is -7.96. The first kappa shape index (κ1) is 28.1. The van der Waals surface area contributed by atoms with Crippen LogP contribution in [0.5, 0.6) is 0 Å². The second kappa shape index (κ2) is 9.06. The highest BCUT2D eigenvalue weighted by Gasteiger charge is 2.90. The zero-order valence-electron chi connectivity index (χ0n) is 13.6. The van der Waals surface area contributed by atoms with E-state index in [0.717, 1.165) is 11.1 Å². The molecule has 0 aromatic rings. The van der Waals surface area contributed by atoms with E-state index >= 15 is 0 Å². The maximum atomic E-state index is 13.3. The smallest absolute Gasteiger partial charge is 0.449 e. The topological polar surface area (TPSA) is 26.3 Å². The Morgan fingerprint density at radius 3 is 1.70 bits per heavy atom. The van der Waals surface area contributed by atoms with E-state index in [4.69, 9.17) is 0 Å². The third-order valence-electron chi connectivity index (χ3n) is 2.92. The van der Waals surface area contributed by atoms with Gasteiger partial charge in [0, 0.05) is 6.08 Å². The van der Waals surface area contributed by atoms with Crippen LogP contribution in [0, 0.1) is 11.8 Å². The van der Waals surface area contributed by atoms with Gasteiger partial charge in [-0.1, -0.05) is 27.8 Å². The zero-order valence-corrected chi connectivity index (χ0v) is 15.2. The lowest BCUT2D eigenvalue weighted by atomic mass is 9.94. The molecular formula is C14H6BrF13O2. The number of halogens is 14. The Labute approximate surface area is 166 Å². The van der Waals surface area contributed by atoms with Crippen LogP contribution in [0.2, 0.25) is 0 Å².